The Morgan fingerprint density at radius 2 is 2.42 bits per heavy atom. The Balaban J connectivity index is 1.66. The van der Waals surface area contributed by atoms with Crippen LogP contribution in [0.5, 0.6) is 0 Å². The number of fused-ring (bicyclic) bond motifs is 1. The maximum absolute atomic E-state index is 5.71. The first-order valence-corrected chi connectivity index (χ1v) is 7.43. The summed E-state index contributed by atoms with van der Waals surface area (Å²) in [5.74, 6) is 1.19. The molecule has 2 aliphatic heterocycles. The number of aromatic nitrogens is 2. The van der Waals surface area contributed by atoms with Gasteiger partial charge in [0.2, 0.25) is 0 Å². The zero-order valence-corrected chi connectivity index (χ0v) is 11.7. The Bertz CT molecular complexity index is 406. The van der Waals surface area contributed by atoms with Gasteiger partial charge in [0.05, 0.1) is 13.2 Å². The number of hydrogen-bond donors (Lipinski definition) is 1. The first-order chi connectivity index (χ1) is 9.38. The molecule has 0 amide bonds. The summed E-state index contributed by atoms with van der Waals surface area (Å²) in [5.41, 5.74) is 0. The van der Waals surface area contributed by atoms with E-state index in [-0.39, 0.29) is 0 Å². The van der Waals surface area contributed by atoms with Gasteiger partial charge in [-0.1, -0.05) is 6.92 Å². The molecule has 0 spiro atoms. The van der Waals surface area contributed by atoms with Gasteiger partial charge in [-0.15, -0.1) is 0 Å². The SMILES string of the molecule is CCCNC1CCOCC1N1CCn2ccnc2C1. The summed E-state index contributed by atoms with van der Waals surface area (Å²) in [7, 11) is 0. The molecule has 0 aliphatic carbocycles. The minimum absolute atomic E-state index is 0.491. The van der Waals surface area contributed by atoms with E-state index < -0.39 is 0 Å². The van der Waals surface area contributed by atoms with Gasteiger partial charge in [0, 0.05) is 44.2 Å². The number of imidazole rings is 1. The van der Waals surface area contributed by atoms with Crippen molar-refractivity contribution in [1.82, 2.24) is 19.8 Å². The molecule has 2 unspecified atom stereocenters. The third kappa shape index (κ3) is 2.83. The van der Waals surface area contributed by atoms with Crippen LogP contribution in [0.15, 0.2) is 12.4 Å². The lowest BCUT2D eigenvalue weighted by Gasteiger charge is -2.41. The number of nitrogens with zero attached hydrogens (tertiary/aromatic N) is 3. The Morgan fingerprint density at radius 1 is 1.47 bits per heavy atom. The van der Waals surface area contributed by atoms with Crippen LogP contribution >= 0.6 is 0 Å². The predicted molar refractivity (Wildman–Crippen MR) is 73.9 cm³/mol. The van der Waals surface area contributed by atoms with Gasteiger partial charge in [-0.3, -0.25) is 4.90 Å². The molecule has 0 bridgehead atoms. The smallest absolute Gasteiger partial charge is 0.122 e. The first-order valence-electron chi connectivity index (χ1n) is 7.43. The standard InChI is InChI=1S/C14H24N4O/c1-2-4-15-12-3-9-19-11-13(12)18-8-7-17-6-5-16-14(17)10-18/h5-6,12-13,15H,2-4,7-11H2,1H3. The van der Waals surface area contributed by atoms with E-state index in [1.807, 2.05) is 6.20 Å². The summed E-state index contributed by atoms with van der Waals surface area (Å²) in [6, 6.07) is 1.06. The van der Waals surface area contributed by atoms with Gasteiger partial charge in [-0.25, -0.2) is 4.98 Å². The van der Waals surface area contributed by atoms with Crippen molar-refractivity contribution in [3.05, 3.63) is 18.2 Å². The summed E-state index contributed by atoms with van der Waals surface area (Å²) in [6.07, 6.45) is 6.30. The van der Waals surface area contributed by atoms with Crippen molar-refractivity contribution in [1.29, 1.82) is 0 Å². The average Bonchev–Trinajstić information content (AvgIpc) is 2.92. The molecular formula is C14H24N4O. The summed E-state index contributed by atoms with van der Waals surface area (Å²) < 4.78 is 7.96. The molecule has 1 fully saturated rings. The van der Waals surface area contributed by atoms with E-state index >= 15 is 0 Å². The lowest BCUT2D eigenvalue weighted by atomic mass is 10.0. The van der Waals surface area contributed by atoms with E-state index in [0.717, 1.165) is 45.8 Å². The van der Waals surface area contributed by atoms with Gasteiger partial charge in [0.15, 0.2) is 0 Å². The zero-order chi connectivity index (χ0) is 13.1. The lowest BCUT2D eigenvalue weighted by Crippen LogP contribution is -2.56. The molecule has 0 saturated carbocycles. The molecular weight excluding hydrogens is 240 g/mol. The molecule has 1 saturated heterocycles. The quantitative estimate of drug-likeness (QED) is 0.876. The highest BCUT2D eigenvalue weighted by Crippen LogP contribution is 2.20. The van der Waals surface area contributed by atoms with Gasteiger partial charge in [0.1, 0.15) is 5.82 Å². The van der Waals surface area contributed by atoms with Crippen molar-refractivity contribution >= 4 is 0 Å². The molecule has 1 aromatic heterocycles. The molecule has 3 heterocycles. The minimum atomic E-state index is 0.491. The second-order valence-electron chi connectivity index (χ2n) is 5.50. The van der Waals surface area contributed by atoms with Gasteiger partial charge >= 0.3 is 0 Å². The number of hydrogen-bond acceptors (Lipinski definition) is 4. The summed E-state index contributed by atoms with van der Waals surface area (Å²) >= 11 is 0. The van der Waals surface area contributed by atoms with Crippen molar-refractivity contribution < 1.29 is 4.74 Å². The largest absolute Gasteiger partial charge is 0.380 e. The average molecular weight is 264 g/mol. The third-order valence-corrected chi connectivity index (χ3v) is 4.23. The molecule has 3 rings (SSSR count). The van der Waals surface area contributed by atoms with E-state index in [1.165, 1.54) is 12.2 Å². The summed E-state index contributed by atoms with van der Waals surface area (Å²) in [5, 5.41) is 3.69. The molecule has 1 aromatic rings. The molecule has 19 heavy (non-hydrogen) atoms. The number of rotatable bonds is 4. The third-order valence-electron chi connectivity index (χ3n) is 4.23. The molecule has 2 aliphatic rings. The molecule has 2 atom stereocenters. The van der Waals surface area contributed by atoms with Crippen molar-refractivity contribution in [2.75, 3.05) is 26.3 Å². The second-order valence-corrected chi connectivity index (χ2v) is 5.50. The monoisotopic (exact) mass is 264 g/mol. The fraction of sp³-hybridized carbons (Fsp3) is 0.786. The van der Waals surface area contributed by atoms with Crippen LogP contribution in [0.3, 0.4) is 0 Å². The molecule has 0 aromatic carbocycles. The fourth-order valence-electron chi connectivity index (χ4n) is 3.13. The van der Waals surface area contributed by atoms with Crippen molar-refractivity contribution in [2.24, 2.45) is 0 Å². The van der Waals surface area contributed by atoms with Gasteiger partial charge in [-0.05, 0) is 19.4 Å². The van der Waals surface area contributed by atoms with E-state index in [1.54, 1.807) is 0 Å². The van der Waals surface area contributed by atoms with Crippen LogP contribution in [0.4, 0.5) is 0 Å². The van der Waals surface area contributed by atoms with Crippen LogP contribution in [0.25, 0.3) is 0 Å². The molecule has 5 nitrogen and oxygen atoms in total. The summed E-state index contributed by atoms with van der Waals surface area (Å²) in [4.78, 5) is 6.99. The van der Waals surface area contributed by atoms with Crippen LogP contribution in [0.1, 0.15) is 25.6 Å². The van der Waals surface area contributed by atoms with Gasteiger partial charge in [0.25, 0.3) is 0 Å². The van der Waals surface area contributed by atoms with Crippen LogP contribution in [-0.2, 0) is 17.8 Å². The normalized spacial score (nSPS) is 28.3. The highest BCUT2D eigenvalue weighted by atomic mass is 16.5. The Kier molecular flexibility index (Phi) is 4.15. The van der Waals surface area contributed by atoms with E-state index in [4.69, 9.17) is 4.74 Å². The van der Waals surface area contributed by atoms with Gasteiger partial charge < -0.3 is 14.6 Å². The maximum atomic E-state index is 5.71. The van der Waals surface area contributed by atoms with Crippen LogP contribution in [0, 0.1) is 0 Å². The molecule has 1 N–H and O–H groups in total. The van der Waals surface area contributed by atoms with E-state index in [2.05, 4.69) is 32.9 Å². The van der Waals surface area contributed by atoms with Crippen LogP contribution in [-0.4, -0.2) is 52.8 Å². The minimum Gasteiger partial charge on any atom is -0.380 e. The topological polar surface area (TPSA) is 42.3 Å². The highest BCUT2D eigenvalue weighted by molar-refractivity contribution is 4.98. The Labute approximate surface area is 114 Å². The van der Waals surface area contributed by atoms with Crippen molar-refractivity contribution in [3.8, 4) is 0 Å². The molecule has 0 radical (unpaired) electrons. The molecule has 5 heteroatoms. The fourth-order valence-corrected chi connectivity index (χ4v) is 3.13. The number of nitrogens with one attached hydrogen (secondary N) is 1. The lowest BCUT2D eigenvalue weighted by molar-refractivity contribution is -0.0132. The van der Waals surface area contributed by atoms with Crippen LogP contribution < -0.4 is 5.32 Å². The second kappa shape index (κ2) is 6.03. The van der Waals surface area contributed by atoms with Crippen molar-refractivity contribution in [3.63, 3.8) is 0 Å². The maximum Gasteiger partial charge on any atom is 0.122 e. The Morgan fingerprint density at radius 3 is 3.32 bits per heavy atom. The van der Waals surface area contributed by atoms with E-state index in [9.17, 15) is 0 Å². The van der Waals surface area contributed by atoms with E-state index in [0.29, 0.717) is 12.1 Å². The Hall–Kier alpha value is -0.910. The van der Waals surface area contributed by atoms with Crippen LogP contribution in [0.2, 0.25) is 0 Å². The number of ether oxygens (including phenoxy) is 1. The highest BCUT2D eigenvalue weighted by Gasteiger charge is 2.32. The predicted octanol–water partition coefficient (Wildman–Crippen LogP) is 0.856. The molecule has 106 valence electrons. The first kappa shape index (κ1) is 13.1. The summed E-state index contributed by atoms with van der Waals surface area (Å²) in [6.45, 7) is 8.16. The zero-order valence-electron chi connectivity index (χ0n) is 11.7. The van der Waals surface area contributed by atoms with Gasteiger partial charge in [-0.2, -0.15) is 0 Å². The van der Waals surface area contributed by atoms with Crippen molar-refractivity contribution in [2.45, 2.75) is 44.9 Å².